The van der Waals surface area contributed by atoms with Gasteiger partial charge in [-0.2, -0.15) is 4.31 Å². The SMILES string of the molecule is COc1cc(C(=O)OCC(=O)c2ccc(S(=O)(=O)N3CCCCC3)cc2)cc(OC)c1C. The maximum atomic E-state index is 12.7. The molecule has 1 saturated heterocycles. The Morgan fingerprint density at radius 3 is 2.00 bits per heavy atom. The van der Waals surface area contributed by atoms with Crippen LogP contribution in [-0.4, -0.2) is 58.4 Å². The van der Waals surface area contributed by atoms with Crippen molar-refractivity contribution in [1.29, 1.82) is 0 Å². The molecule has 1 aliphatic rings. The van der Waals surface area contributed by atoms with Crippen LogP contribution < -0.4 is 9.47 Å². The lowest BCUT2D eigenvalue weighted by Crippen LogP contribution is -2.35. The van der Waals surface area contributed by atoms with Crippen molar-refractivity contribution in [3.05, 3.63) is 53.1 Å². The average Bonchev–Trinajstić information content (AvgIpc) is 2.83. The minimum Gasteiger partial charge on any atom is -0.496 e. The second-order valence-corrected chi connectivity index (χ2v) is 9.43. The van der Waals surface area contributed by atoms with E-state index in [4.69, 9.17) is 14.2 Å². The Bertz CT molecular complexity index is 1060. The molecule has 2 aromatic carbocycles. The number of carbonyl (C=O) groups excluding carboxylic acids is 2. The number of benzene rings is 2. The van der Waals surface area contributed by atoms with Gasteiger partial charge in [-0.3, -0.25) is 4.79 Å². The van der Waals surface area contributed by atoms with Crippen molar-refractivity contribution >= 4 is 21.8 Å². The van der Waals surface area contributed by atoms with Crippen molar-refractivity contribution in [3.63, 3.8) is 0 Å². The topological polar surface area (TPSA) is 99.2 Å². The summed E-state index contributed by atoms with van der Waals surface area (Å²) < 4.78 is 42.6. The Morgan fingerprint density at radius 1 is 0.906 bits per heavy atom. The third-order valence-electron chi connectivity index (χ3n) is 5.45. The van der Waals surface area contributed by atoms with E-state index in [-0.39, 0.29) is 16.0 Å². The number of hydrogen-bond donors (Lipinski definition) is 0. The van der Waals surface area contributed by atoms with Crippen LogP contribution in [0, 0.1) is 6.92 Å². The van der Waals surface area contributed by atoms with Gasteiger partial charge in [-0.1, -0.05) is 6.42 Å². The first-order valence-corrected chi connectivity index (χ1v) is 11.7. The summed E-state index contributed by atoms with van der Waals surface area (Å²) in [7, 11) is -0.607. The predicted octanol–water partition coefficient (Wildman–Crippen LogP) is 3.23. The number of ether oxygens (including phenoxy) is 3. The number of Topliss-reactive ketones (excluding diaryl/α,β-unsaturated/α-hetero) is 1. The number of hydrogen-bond acceptors (Lipinski definition) is 7. The van der Waals surface area contributed by atoms with Gasteiger partial charge in [0.05, 0.1) is 24.7 Å². The van der Waals surface area contributed by atoms with Gasteiger partial charge in [0.2, 0.25) is 10.0 Å². The molecular formula is C23H27NO7S. The first kappa shape index (κ1) is 23.7. The lowest BCUT2D eigenvalue weighted by atomic mass is 10.1. The van der Waals surface area contributed by atoms with Crippen molar-refractivity contribution in [2.24, 2.45) is 0 Å². The molecule has 0 aromatic heterocycles. The molecule has 0 aliphatic carbocycles. The molecule has 1 aliphatic heterocycles. The largest absolute Gasteiger partial charge is 0.496 e. The fourth-order valence-corrected chi connectivity index (χ4v) is 5.09. The van der Waals surface area contributed by atoms with Crippen LogP contribution in [0.5, 0.6) is 11.5 Å². The molecule has 0 bridgehead atoms. The molecule has 0 amide bonds. The maximum Gasteiger partial charge on any atom is 0.338 e. The third kappa shape index (κ3) is 5.11. The highest BCUT2D eigenvalue weighted by molar-refractivity contribution is 7.89. The second kappa shape index (κ2) is 10.1. The molecule has 0 saturated carbocycles. The molecule has 0 spiro atoms. The van der Waals surface area contributed by atoms with E-state index >= 15 is 0 Å². The van der Waals surface area contributed by atoms with Crippen LogP contribution in [0.25, 0.3) is 0 Å². The summed E-state index contributed by atoms with van der Waals surface area (Å²) >= 11 is 0. The number of rotatable bonds is 8. The molecule has 172 valence electrons. The molecule has 0 radical (unpaired) electrons. The maximum absolute atomic E-state index is 12.7. The van der Waals surface area contributed by atoms with Gasteiger partial charge in [0.15, 0.2) is 12.4 Å². The summed E-state index contributed by atoms with van der Waals surface area (Å²) in [6.07, 6.45) is 2.72. The number of piperidine rings is 1. The van der Waals surface area contributed by atoms with Gasteiger partial charge in [0.1, 0.15) is 11.5 Å². The van der Waals surface area contributed by atoms with E-state index in [1.54, 1.807) is 6.92 Å². The van der Waals surface area contributed by atoms with Gasteiger partial charge in [-0.25, -0.2) is 13.2 Å². The molecule has 32 heavy (non-hydrogen) atoms. The third-order valence-corrected chi connectivity index (χ3v) is 7.36. The van der Waals surface area contributed by atoms with E-state index in [1.807, 2.05) is 0 Å². The van der Waals surface area contributed by atoms with E-state index in [9.17, 15) is 18.0 Å². The Morgan fingerprint density at radius 2 is 1.47 bits per heavy atom. The molecule has 0 N–H and O–H groups in total. The molecule has 0 atom stereocenters. The smallest absolute Gasteiger partial charge is 0.338 e. The highest BCUT2D eigenvalue weighted by Gasteiger charge is 2.26. The number of carbonyl (C=O) groups is 2. The zero-order valence-electron chi connectivity index (χ0n) is 18.4. The molecule has 9 heteroatoms. The van der Waals surface area contributed by atoms with Crippen molar-refractivity contribution in [2.45, 2.75) is 31.1 Å². The van der Waals surface area contributed by atoms with Crippen LogP contribution in [0.3, 0.4) is 0 Å². The zero-order valence-corrected chi connectivity index (χ0v) is 19.2. The fourth-order valence-electron chi connectivity index (χ4n) is 3.57. The van der Waals surface area contributed by atoms with Gasteiger partial charge in [-0.15, -0.1) is 0 Å². The minimum atomic E-state index is -3.57. The molecule has 1 heterocycles. The second-order valence-electron chi connectivity index (χ2n) is 7.49. The minimum absolute atomic E-state index is 0.145. The normalized spacial score (nSPS) is 14.6. The summed E-state index contributed by atoms with van der Waals surface area (Å²) in [5, 5.41) is 0. The molecule has 1 fully saturated rings. The van der Waals surface area contributed by atoms with E-state index in [1.165, 1.54) is 54.9 Å². The molecule has 2 aromatic rings. The van der Waals surface area contributed by atoms with Crippen LogP contribution in [0.2, 0.25) is 0 Å². The standard InChI is InChI=1S/C23H27NO7S/c1-16-21(29-2)13-18(14-22(16)30-3)23(26)31-15-20(25)17-7-9-19(10-8-17)32(27,28)24-11-5-4-6-12-24/h7-10,13-14H,4-6,11-12,15H2,1-3H3. The van der Waals surface area contributed by atoms with E-state index in [2.05, 4.69) is 0 Å². The molecular weight excluding hydrogens is 434 g/mol. The van der Waals surface area contributed by atoms with Crippen molar-refractivity contribution < 1.29 is 32.2 Å². The first-order valence-electron chi connectivity index (χ1n) is 10.3. The van der Waals surface area contributed by atoms with E-state index in [0.717, 1.165) is 24.8 Å². The quantitative estimate of drug-likeness (QED) is 0.440. The van der Waals surface area contributed by atoms with Crippen molar-refractivity contribution in [2.75, 3.05) is 33.9 Å². The Labute approximate surface area is 188 Å². The molecule has 8 nitrogen and oxygen atoms in total. The van der Waals surface area contributed by atoms with Gasteiger partial charge in [-0.05, 0) is 56.2 Å². The van der Waals surface area contributed by atoms with Gasteiger partial charge in [0, 0.05) is 24.2 Å². The predicted molar refractivity (Wildman–Crippen MR) is 118 cm³/mol. The van der Waals surface area contributed by atoms with Crippen LogP contribution in [0.15, 0.2) is 41.3 Å². The average molecular weight is 462 g/mol. The van der Waals surface area contributed by atoms with Crippen LogP contribution >= 0.6 is 0 Å². The Kier molecular flexibility index (Phi) is 7.52. The zero-order chi connectivity index (χ0) is 23.3. The van der Waals surface area contributed by atoms with Gasteiger partial charge in [0.25, 0.3) is 0 Å². The number of ketones is 1. The molecule has 3 rings (SSSR count). The van der Waals surface area contributed by atoms with Crippen LogP contribution in [-0.2, 0) is 14.8 Å². The van der Waals surface area contributed by atoms with Crippen LogP contribution in [0.1, 0.15) is 45.5 Å². The summed E-state index contributed by atoms with van der Waals surface area (Å²) in [6, 6.07) is 8.73. The lowest BCUT2D eigenvalue weighted by molar-refractivity contribution is 0.0474. The highest BCUT2D eigenvalue weighted by atomic mass is 32.2. The number of sulfonamides is 1. The summed E-state index contributed by atoms with van der Waals surface area (Å²) in [5.74, 6) is -0.202. The highest BCUT2D eigenvalue weighted by Crippen LogP contribution is 2.29. The number of nitrogens with zero attached hydrogens (tertiary/aromatic N) is 1. The molecule has 0 unspecified atom stereocenters. The summed E-state index contributed by atoms with van der Waals surface area (Å²) in [4.78, 5) is 25.0. The van der Waals surface area contributed by atoms with Crippen molar-refractivity contribution in [1.82, 2.24) is 4.31 Å². The number of methoxy groups -OCH3 is 2. The Balaban J connectivity index is 1.66. The Hall–Kier alpha value is -2.91. The number of esters is 1. The van der Waals surface area contributed by atoms with Gasteiger partial charge < -0.3 is 14.2 Å². The van der Waals surface area contributed by atoms with E-state index in [0.29, 0.717) is 24.6 Å². The van der Waals surface area contributed by atoms with Crippen LogP contribution in [0.4, 0.5) is 0 Å². The van der Waals surface area contributed by atoms with Crippen molar-refractivity contribution in [3.8, 4) is 11.5 Å². The monoisotopic (exact) mass is 461 g/mol. The lowest BCUT2D eigenvalue weighted by Gasteiger charge is -2.25. The summed E-state index contributed by atoms with van der Waals surface area (Å²) in [5.41, 5.74) is 1.19. The fraction of sp³-hybridized carbons (Fsp3) is 0.391. The van der Waals surface area contributed by atoms with Gasteiger partial charge >= 0.3 is 5.97 Å². The summed E-state index contributed by atoms with van der Waals surface area (Å²) in [6.45, 7) is 2.34. The van der Waals surface area contributed by atoms with E-state index < -0.39 is 28.4 Å². The first-order chi connectivity index (χ1) is 15.3.